The van der Waals surface area contributed by atoms with Crippen LogP contribution in [0.15, 0.2) is 60.8 Å². The van der Waals surface area contributed by atoms with Gasteiger partial charge in [-0.15, -0.1) is 0 Å². The molecule has 0 unspecified atom stereocenters. The van der Waals surface area contributed by atoms with Gasteiger partial charge in [0.05, 0.1) is 12.5 Å². The van der Waals surface area contributed by atoms with E-state index >= 15 is 0 Å². The molecule has 0 spiro atoms. The molecule has 2 atom stereocenters. The molecule has 0 aliphatic carbocycles. The first-order chi connectivity index (χ1) is 13.5. The Bertz CT molecular complexity index is 908. The lowest BCUT2D eigenvalue weighted by Crippen LogP contribution is -2.34. The Morgan fingerprint density at radius 2 is 1.75 bits per heavy atom. The highest BCUT2D eigenvalue weighted by molar-refractivity contribution is 5.95. The molecule has 2 aromatic carbocycles. The number of carbonyl (C=O) groups excluding carboxylic acids is 3. The van der Waals surface area contributed by atoms with Crippen LogP contribution in [0.5, 0.6) is 0 Å². The van der Waals surface area contributed by atoms with Crippen molar-refractivity contribution in [1.82, 2.24) is 4.90 Å². The number of nitrogens with zero attached hydrogens (tertiary/aromatic N) is 1. The summed E-state index contributed by atoms with van der Waals surface area (Å²) in [5.41, 5.74) is 2.45. The molecule has 0 aromatic heterocycles. The molecule has 2 aromatic rings. The molecular formula is C22H22N2O4. The fourth-order valence-corrected chi connectivity index (χ4v) is 3.14. The highest BCUT2D eigenvalue weighted by Gasteiger charge is 2.30. The minimum atomic E-state index is -0.951. The van der Waals surface area contributed by atoms with Crippen molar-refractivity contribution in [1.29, 1.82) is 0 Å². The lowest BCUT2D eigenvalue weighted by Gasteiger charge is -2.32. The summed E-state index contributed by atoms with van der Waals surface area (Å²) in [5, 5.41) is 2.70. The number of carbonyl (C=O) groups is 3. The van der Waals surface area contributed by atoms with Gasteiger partial charge in [0.2, 0.25) is 5.91 Å². The molecule has 0 radical (unpaired) electrons. The topological polar surface area (TPSA) is 75.7 Å². The minimum Gasteiger partial charge on any atom is -0.452 e. The third kappa shape index (κ3) is 4.46. The third-order valence-electron chi connectivity index (χ3n) is 4.55. The number of esters is 1. The van der Waals surface area contributed by atoms with Gasteiger partial charge in [0.15, 0.2) is 6.10 Å². The zero-order valence-corrected chi connectivity index (χ0v) is 15.8. The lowest BCUT2D eigenvalue weighted by molar-refractivity contribution is -0.154. The summed E-state index contributed by atoms with van der Waals surface area (Å²) in [6, 6.07) is 16.1. The van der Waals surface area contributed by atoms with Crippen LogP contribution in [-0.4, -0.2) is 28.8 Å². The summed E-state index contributed by atoms with van der Waals surface area (Å²) in [7, 11) is 0. The Labute approximate surface area is 163 Å². The molecule has 6 heteroatoms. The number of benzene rings is 2. The maximum absolute atomic E-state index is 12.5. The Balaban J connectivity index is 1.66. The first-order valence-electron chi connectivity index (χ1n) is 9.07. The fraction of sp³-hybridized carbons (Fsp3) is 0.227. The minimum absolute atomic E-state index is 0.0378. The fourth-order valence-electron chi connectivity index (χ4n) is 3.14. The predicted octanol–water partition coefficient (Wildman–Crippen LogP) is 3.52. The van der Waals surface area contributed by atoms with Crippen molar-refractivity contribution in [2.45, 2.75) is 32.4 Å². The number of para-hydroxylation sites is 1. The third-order valence-corrected chi connectivity index (χ3v) is 4.55. The van der Waals surface area contributed by atoms with Gasteiger partial charge >= 0.3 is 5.97 Å². The SMILES string of the molecule is CC(=O)N1C=Cc2ccccc2[C@H]1CC(=O)O[C@@H](C)C(=O)Nc1ccccc1. The van der Waals surface area contributed by atoms with Crippen LogP contribution in [0.2, 0.25) is 0 Å². The summed E-state index contributed by atoms with van der Waals surface area (Å²) in [6.07, 6.45) is 2.53. The van der Waals surface area contributed by atoms with E-state index in [0.717, 1.165) is 11.1 Å². The van der Waals surface area contributed by atoms with Crippen molar-refractivity contribution in [3.63, 3.8) is 0 Å². The van der Waals surface area contributed by atoms with Gasteiger partial charge in [-0.25, -0.2) is 0 Å². The molecule has 6 nitrogen and oxygen atoms in total. The van der Waals surface area contributed by atoms with Crippen molar-refractivity contribution >= 4 is 29.5 Å². The van der Waals surface area contributed by atoms with E-state index in [4.69, 9.17) is 4.74 Å². The van der Waals surface area contributed by atoms with E-state index in [1.807, 2.05) is 36.4 Å². The average molecular weight is 378 g/mol. The number of amides is 2. The van der Waals surface area contributed by atoms with Gasteiger partial charge in [-0.2, -0.15) is 0 Å². The number of hydrogen-bond acceptors (Lipinski definition) is 4. The van der Waals surface area contributed by atoms with Crippen LogP contribution >= 0.6 is 0 Å². The molecule has 3 rings (SSSR count). The Morgan fingerprint density at radius 3 is 2.46 bits per heavy atom. The summed E-state index contributed by atoms with van der Waals surface area (Å²) < 4.78 is 5.32. The van der Waals surface area contributed by atoms with Gasteiger partial charge in [-0.1, -0.05) is 42.5 Å². The number of ether oxygens (including phenoxy) is 1. The molecule has 1 heterocycles. The van der Waals surface area contributed by atoms with Crippen molar-refractivity contribution in [2.75, 3.05) is 5.32 Å². The zero-order valence-electron chi connectivity index (χ0n) is 15.8. The molecule has 1 N–H and O–H groups in total. The monoisotopic (exact) mass is 378 g/mol. The second-order valence-corrected chi connectivity index (χ2v) is 6.58. The normalized spacial score (nSPS) is 16.1. The van der Waals surface area contributed by atoms with Crippen LogP contribution in [0.4, 0.5) is 5.69 Å². The zero-order chi connectivity index (χ0) is 20.1. The second kappa shape index (κ2) is 8.52. The number of nitrogens with one attached hydrogen (secondary N) is 1. The van der Waals surface area contributed by atoms with E-state index in [-0.39, 0.29) is 12.3 Å². The lowest BCUT2D eigenvalue weighted by atomic mass is 9.94. The summed E-state index contributed by atoms with van der Waals surface area (Å²) in [4.78, 5) is 38.2. The Kier molecular flexibility index (Phi) is 5.89. The molecule has 0 bridgehead atoms. The summed E-state index contributed by atoms with van der Waals surface area (Å²) in [6.45, 7) is 2.97. The maximum Gasteiger partial charge on any atom is 0.309 e. The first kappa shape index (κ1) is 19.4. The molecular weight excluding hydrogens is 356 g/mol. The molecule has 1 aliphatic rings. The van der Waals surface area contributed by atoms with E-state index in [1.165, 1.54) is 18.7 Å². The molecule has 0 saturated heterocycles. The first-order valence-corrected chi connectivity index (χ1v) is 9.07. The smallest absolute Gasteiger partial charge is 0.309 e. The van der Waals surface area contributed by atoms with Crippen molar-refractivity contribution in [3.05, 3.63) is 71.9 Å². The molecule has 2 amide bonds. The summed E-state index contributed by atoms with van der Waals surface area (Å²) >= 11 is 0. The number of fused-ring (bicyclic) bond motifs is 1. The van der Waals surface area contributed by atoms with Gasteiger partial charge in [0.1, 0.15) is 0 Å². The van der Waals surface area contributed by atoms with E-state index in [1.54, 1.807) is 30.5 Å². The van der Waals surface area contributed by atoms with E-state index in [0.29, 0.717) is 5.69 Å². The van der Waals surface area contributed by atoms with Crippen LogP contribution in [0, 0.1) is 0 Å². The van der Waals surface area contributed by atoms with Crippen molar-refractivity contribution in [2.24, 2.45) is 0 Å². The standard InChI is InChI=1S/C22H22N2O4/c1-15(22(27)23-18-9-4-3-5-10-18)28-21(26)14-20-19-11-7-6-8-17(19)12-13-24(20)16(2)25/h3-13,15,20H,14H2,1-2H3,(H,23,27)/t15-,20+/m0/s1. The molecule has 28 heavy (non-hydrogen) atoms. The molecule has 0 fully saturated rings. The summed E-state index contributed by atoms with van der Waals surface area (Å²) in [5.74, 6) is -1.12. The van der Waals surface area contributed by atoms with Crippen LogP contribution in [-0.2, 0) is 19.1 Å². The van der Waals surface area contributed by atoms with Crippen LogP contribution < -0.4 is 5.32 Å². The number of anilines is 1. The Hall–Kier alpha value is -3.41. The van der Waals surface area contributed by atoms with Crippen LogP contribution in [0.1, 0.15) is 37.4 Å². The highest BCUT2D eigenvalue weighted by atomic mass is 16.5. The second-order valence-electron chi connectivity index (χ2n) is 6.58. The van der Waals surface area contributed by atoms with Crippen LogP contribution in [0.25, 0.3) is 6.08 Å². The van der Waals surface area contributed by atoms with Gasteiger partial charge in [0, 0.05) is 18.8 Å². The Morgan fingerprint density at radius 1 is 1.07 bits per heavy atom. The molecule has 0 saturated carbocycles. The highest BCUT2D eigenvalue weighted by Crippen LogP contribution is 2.33. The van der Waals surface area contributed by atoms with Gasteiger partial charge in [-0.3, -0.25) is 14.4 Å². The van der Waals surface area contributed by atoms with E-state index in [2.05, 4.69) is 5.32 Å². The van der Waals surface area contributed by atoms with Crippen LogP contribution in [0.3, 0.4) is 0 Å². The largest absolute Gasteiger partial charge is 0.452 e. The van der Waals surface area contributed by atoms with E-state index < -0.39 is 24.0 Å². The predicted molar refractivity (Wildman–Crippen MR) is 106 cm³/mol. The number of hydrogen-bond donors (Lipinski definition) is 1. The average Bonchev–Trinajstić information content (AvgIpc) is 2.68. The molecule has 144 valence electrons. The van der Waals surface area contributed by atoms with Gasteiger partial charge < -0.3 is 15.0 Å². The van der Waals surface area contributed by atoms with Gasteiger partial charge in [0.25, 0.3) is 5.91 Å². The molecule has 1 aliphatic heterocycles. The van der Waals surface area contributed by atoms with Crippen molar-refractivity contribution < 1.29 is 19.1 Å². The van der Waals surface area contributed by atoms with E-state index in [9.17, 15) is 14.4 Å². The van der Waals surface area contributed by atoms with Crippen molar-refractivity contribution in [3.8, 4) is 0 Å². The number of rotatable bonds is 5. The maximum atomic E-state index is 12.5. The van der Waals surface area contributed by atoms with Gasteiger partial charge in [-0.05, 0) is 36.3 Å². The quantitative estimate of drug-likeness (QED) is 0.808.